The maximum Gasteiger partial charge on any atom is 0.127 e. The fourth-order valence-corrected chi connectivity index (χ4v) is 2.50. The lowest BCUT2D eigenvalue weighted by Crippen LogP contribution is -2.33. The molecule has 16 heavy (non-hydrogen) atoms. The summed E-state index contributed by atoms with van der Waals surface area (Å²) in [7, 11) is 2.20. The number of hydrogen-bond acceptors (Lipinski definition) is 3. The van der Waals surface area contributed by atoms with Gasteiger partial charge in [0.05, 0.1) is 0 Å². The Labute approximate surface area is 97.7 Å². The summed E-state index contributed by atoms with van der Waals surface area (Å²) in [5.41, 5.74) is 7.01. The lowest BCUT2D eigenvalue weighted by Gasteiger charge is -2.31. The summed E-state index contributed by atoms with van der Waals surface area (Å²) in [4.78, 5) is 6.55. The van der Waals surface area contributed by atoms with Gasteiger partial charge < -0.3 is 5.73 Å². The van der Waals surface area contributed by atoms with Crippen LogP contribution in [0.1, 0.15) is 37.7 Å². The molecule has 1 saturated carbocycles. The topological polar surface area (TPSA) is 42.2 Å². The molecule has 1 fully saturated rings. The Bertz CT molecular complexity index is 332. The molecule has 0 aromatic carbocycles. The second kappa shape index (κ2) is 5.30. The molecule has 0 aliphatic heterocycles. The van der Waals surface area contributed by atoms with E-state index in [0.717, 1.165) is 18.2 Å². The van der Waals surface area contributed by atoms with Gasteiger partial charge in [-0.25, -0.2) is 4.98 Å². The average molecular weight is 219 g/mol. The van der Waals surface area contributed by atoms with Crippen LogP contribution in [0, 0.1) is 0 Å². The Morgan fingerprint density at radius 1 is 1.38 bits per heavy atom. The molecule has 1 aromatic heterocycles. The molecule has 88 valence electrons. The van der Waals surface area contributed by atoms with Gasteiger partial charge in [-0.1, -0.05) is 25.3 Å². The third-order valence-electron chi connectivity index (χ3n) is 3.54. The summed E-state index contributed by atoms with van der Waals surface area (Å²) >= 11 is 0. The fourth-order valence-electron chi connectivity index (χ4n) is 2.50. The van der Waals surface area contributed by atoms with Gasteiger partial charge in [0.2, 0.25) is 0 Å². The van der Waals surface area contributed by atoms with Gasteiger partial charge in [-0.15, -0.1) is 0 Å². The molecule has 1 aromatic rings. The molecule has 0 atom stereocenters. The largest absolute Gasteiger partial charge is 0.383 e. The summed E-state index contributed by atoms with van der Waals surface area (Å²) in [6, 6.07) is 4.76. The average Bonchev–Trinajstić information content (AvgIpc) is 2.33. The first-order chi connectivity index (χ1) is 7.77. The minimum atomic E-state index is 0.671. The van der Waals surface area contributed by atoms with Crippen LogP contribution in [-0.4, -0.2) is 23.0 Å². The summed E-state index contributed by atoms with van der Waals surface area (Å²) in [5, 5.41) is 0. The Kier molecular flexibility index (Phi) is 3.78. The molecule has 0 radical (unpaired) electrons. The van der Waals surface area contributed by atoms with Crippen LogP contribution >= 0.6 is 0 Å². The van der Waals surface area contributed by atoms with Crippen molar-refractivity contribution >= 4 is 5.82 Å². The van der Waals surface area contributed by atoms with Gasteiger partial charge in [-0.2, -0.15) is 0 Å². The van der Waals surface area contributed by atoms with Crippen molar-refractivity contribution in [2.24, 2.45) is 0 Å². The predicted octanol–water partition coefficient (Wildman–Crippen LogP) is 2.43. The lowest BCUT2D eigenvalue weighted by atomic mass is 9.94. The van der Waals surface area contributed by atoms with E-state index in [-0.39, 0.29) is 0 Å². The first-order valence-corrected chi connectivity index (χ1v) is 6.17. The molecule has 0 unspecified atom stereocenters. The highest BCUT2D eigenvalue weighted by Crippen LogP contribution is 2.23. The third kappa shape index (κ3) is 2.73. The van der Waals surface area contributed by atoms with Crippen LogP contribution in [-0.2, 0) is 6.54 Å². The van der Waals surface area contributed by atoms with Crippen LogP contribution < -0.4 is 5.73 Å². The van der Waals surface area contributed by atoms with Crippen molar-refractivity contribution in [3.8, 4) is 0 Å². The molecule has 0 bridgehead atoms. The van der Waals surface area contributed by atoms with E-state index >= 15 is 0 Å². The van der Waals surface area contributed by atoms with Crippen molar-refractivity contribution in [3.63, 3.8) is 0 Å². The number of rotatable bonds is 3. The van der Waals surface area contributed by atoms with Gasteiger partial charge in [-0.3, -0.25) is 4.90 Å². The number of anilines is 1. The number of nitrogens with zero attached hydrogens (tertiary/aromatic N) is 2. The molecular formula is C13H21N3. The molecule has 0 spiro atoms. The van der Waals surface area contributed by atoms with Crippen LogP contribution in [0.25, 0.3) is 0 Å². The maximum atomic E-state index is 5.86. The minimum absolute atomic E-state index is 0.671. The fraction of sp³-hybridized carbons (Fsp3) is 0.615. The van der Waals surface area contributed by atoms with E-state index < -0.39 is 0 Å². The molecule has 0 amide bonds. The monoisotopic (exact) mass is 219 g/mol. The lowest BCUT2D eigenvalue weighted by molar-refractivity contribution is 0.185. The van der Waals surface area contributed by atoms with Crippen LogP contribution in [0.4, 0.5) is 5.82 Å². The molecule has 2 rings (SSSR count). The van der Waals surface area contributed by atoms with Gasteiger partial charge in [0.25, 0.3) is 0 Å². The van der Waals surface area contributed by atoms with Crippen LogP contribution in [0.5, 0.6) is 0 Å². The van der Waals surface area contributed by atoms with E-state index in [0.29, 0.717) is 5.82 Å². The standard InChI is InChI=1S/C13H21N3/c1-16(12-7-3-2-4-8-12)10-11-6-5-9-15-13(11)14/h5-6,9,12H,2-4,7-8,10H2,1H3,(H2,14,15). The molecule has 1 heterocycles. The normalized spacial score (nSPS) is 17.9. The van der Waals surface area contributed by atoms with E-state index in [2.05, 4.69) is 23.0 Å². The van der Waals surface area contributed by atoms with Crippen LogP contribution in [0.3, 0.4) is 0 Å². The molecule has 1 aliphatic carbocycles. The summed E-state index contributed by atoms with van der Waals surface area (Å²) in [6.45, 7) is 0.921. The Hall–Kier alpha value is -1.09. The molecule has 1 aliphatic rings. The minimum Gasteiger partial charge on any atom is -0.383 e. The van der Waals surface area contributed by atoms with Crippen LogP contribution in [0.15, 0.2) is 18.3 Å². The van der Waals surface area contributed by atoms with Gasteiger partial charge >= 0.3 is 0 Å². The van der Waals surface area contributed by atoms with Crippen molar-refractivity contribution in [1.82, 2.24) is 9.88 Å². The third-order valence-corrected chi connectivity index (χ3v) is 3.54. The number of pyridine rings is 1. The van der Waals surface area contributed by atoms with Crippen molar-refractivity contribution in [1.29, 1.82) is 0 Å². The van der Waals surface area contributed by atoms with E-state index in [4.69, 9.17) is 5.73 Å². The second-order valence-electron chi connectivity index (χ2n) is 4.75. The van der Waals surface area contributed by atoms with Gasteiger partial charge in [-0.05, 0) is 26.0 Å². The summed E-state index contributed by atoms with van der Waals surface area (Å²) < 4.78 is 0. The highest BCUT2D eigenvalue weighted by atomic mass is 15.1. The van der Waals surface area contributed by atoms with Gasteiger partial charge in [0.15, 0.2) is 0 Å². The zero-order valence-corrected chi connectivity index (χ0v) is 10.0. The number of nitrogen functional groups attached to an aromatic ring is 1. The summed E-state index contributed by atoms with van der Waals surface area (Å²) in [5.74, 6) is 0.671. The molecule has 0 saturated heterocycles. The molecule has 3 nitrogen and oxygen atoms in total. The predicted molar refractivity (Wildman–Crippen MR) is 67.0 cm³/mol. The number of nitrogens with two attached hydrogens (primary N) is 1. The Morgan fingerprint density at radius 3 is 2.81 bits per heavy atom. The second-order valence-corrected chi connectivity index (χ2v) is 4.75. The zero-order valence-electron chi connectivity index (χ0n) is 10.0. The Balaban J connectivity index is 1.96. The molecule has 2 N–H and O–H groups in total. The number of aromatic nitrogens is 1. The maximum absolute atomic E-state index is 5.86. The van der Waals surface area contributed by atoms with E-state index in [1.807, 2.05) is 6.07 Å². The van der Waals surface area contributed by atoms with Gasteiger partial charge in [0.1, 0.15) is 5.82 Å². The Morgan fingerprint density at radius 2 is 2.12 bits per heavy atom. The van der Waals surface area contributed by atoms with Crippen molar-refractivity contribution in [2.45, 2.75) is 44.7 Å². The molecule has 3 heteroatoms. The first kappa shape index (κ1) is 11.4. The zero-order chi connectivity index (χ0) is 11.4. The first-order valence-electron chi connectivity index (χ1n) is 6.17. The SMILES string of the molecule is CN(Cc1cccnc1N)C1CCCCC1. The van der Waals surface area contributed by atoms with E-state index in [9.17, 15) is 0 Å². The van der Waals surface area contributed by atoms with E-state index in [1.54, 1.807) is 6.20 Å². The van der Waals surface area contributed by atoms with Crippen molar-refractivity contribution in [3.05, 3.63) is 23.9 Å². The summed E-state index contributed by atoms with van der Waals surface area (Å²) in [6.07, 6.45) is 8.56. The molecular weight excluding hydrogens is 198 g/mol. The smallest absolute Gasteiger partial charge is 0.127 e. The van der Waals surface area contributed by atoms with Gasteiger partial charge in [0, 0.05) is 24.3 Å². The van der Waals surface area contributed by atoms with Crippen LogP contribution in [0.2, 0.25) is 0 Å². The van der Waals surface area contributed by atoms with Crippen molar-refractivity contribution in [2.75, 3.05) is 12.8 Å². The quantitative estimate of drug-likeness (QED) is 0.849. The van der Waals surface area contributed by atoms with Crippen molar-refractivity contribution < 1.29 is 0 Å². The highest BCUT2D eigenvalue weighted by Gasteiger charge is 2.18. The van der Waals surface area contributed by atoms with E-state index in [1.165, 1.54) is 32.1 Å². The number of hydrogen-bond donors (Lipinski definition) is 1. The highest BCUT2D eigenvalue weighted by molar-refractivity contribution is 5.38.